The molecule has 1 amide bonds. The number of methoxy groups -OCH3 is 1. The third-order valence-electron chi connectivity index (χ3n) is 4.45. The van der Waals surface area contributed by atoms with Crippen molar-refractivity contribution in [1.29, 1.82) is 0 Å². The first kappa shape index (κ1) is 19.1. The van der Waals surface area contributed by atoms with Crippen molar-refractivity contribution in [3.8, 4) is 0 Å². The molecule has 0 aliphatic carbocycles. The summed E-state index contributed by atoms with van der Waals surface area (Å²) in [4.78, 5) is 30.5. The Bertz CT molecular complexity index is 898. The molecule has 0 fully saturated rings. The summed E-state index contributed by atoms with van der Waals surface area (Å²) in [5.74, 6) is -1.54. The predicted molar refractivity (Wildman–Crippen MR) is 104 cm³/mol. The topological polar surface area (TPSA) is 79.2 Å². The maximum atomic E-state index is 13.1. The van der Waals surface area contributed by atoms with Crippen LogP contribution >= 0.6 is 11.6 Å². The van der Waals surface area contributed by atoms with E-state index < -0.39 is 30.6 Å². The minimum absolute atomic E-state index is 0.429. The third kappa shape index (κ3) is 3.86. The lowest BCUT2D eigenvalue weighted by Gasteiger charge is -2.25. The molecule has 1 heterocycles. The van der Waals surface area contributed by atoms with Gasteiger partial charge in [-0.15, -0.1) is 0 Å². The monoisotopic (exact) mass is 386 g/mol. The van der Waals surface area contributed by atoms with Crippen LogP contribution in [0.1, 0.15) is 18.1 Å². The van der Waals surface area contributed by atoms with Gasteiger partial charge in [0.05, 0.1) is 17.5 Å². The van der Waals surface area contributed by atoms with E-state index in [0.717, 1.165) is 5.56 Å². The largest absolute Gasteiger partial charge is 0.480 e. The number of hydrogen-bond donors (Lipinski definition) is 1. The molecule has 0 radical (unpaired) electrons. The van der Waals surface area contributed by atoms with E-state index in [-0.39, 0.29) is 0 Å². The van der Waals surface area contributed by atoms with Gasteiger partial charge in [-0.1, -0.05) is 41.9 Å². The highest BCUT2D eigenvalue weighted by molar-refractivity contribution is 6.32. The second-order valence-corrected chi connectivity index (χ2v) is 6.65. The molecule has 0 bridgehead atoms. The fourth-order valence-electron chi connectivity index (χ4n) is 3.03. The number of carboxylic acid groups (broad SMARTS) is 1. The Hall–Kier alpha value is -2.70. The number of carboxylic acids is 1. The normalized spacial score (nSPS) is 17.7. The van der Waals surface area contributed by atoms with Crippen molar-refractivity contribution in [3.05, 3.63) is 64.7 Å². The molecule has 1 aliphatic heterocycles. The summed E-state index contributed by atoms with van der Waals surface area (Å²) in [6, 6.07) is 13.5. The molecule has 0 aromatic heterocycles. The van der Waals surface area contributed by atoms with Crippen molar-refractivity contribution in [2.24, 2.45) is 4.99 Å². The number of ether oxygens (including phenoxy) is 1. The molecule has 2 aromatic carbocycles. The van der Waals surface area contributed by atoms with Crippen molar-refractivity contribution in [1.82, 2.24) is 0 Å². The van der Waals surface area contributed by atoms with Crippen LogP contribution in [-0.2, 0) is 14.3 Å². The van der Waals surface area contributed by atoms with E-state index >= 15 is 0 Å². The second kappa shape index (κ2) is 7.90. The van der Waals surface area contributed by atoms with Gasteiger partial charge in [0, 0.05) is 23.3 Å². The zero-order chi connectivity index (χ0) is 19.6. The number of anilines is 1. The minimum Gasteiger partial charge on any atom is -0.480 e. The standard InChI is InChI=1S/C20H19ClN2O4/c1-12(27-2)18-20(26)23(11-17(24)25)16-9-8-14(21)10-15(16)19(22-18)13-6-4-3-5-7-13/h3-10,12,18H,11H2,1-2H3,(H,24,25)/t12-,18+/m1/s1. The van der Waals surface area contributed by atoms with E-state index in [0.29, 0.717) is 22.0 Å². The molecule has 140 valence electrons. The van der Waals surface area contributed by atoms with E-state index in [9.17, 15) is 14.7 Å². The second-order valence-electron chi connectivity index (χ2n) is 6.21. The number of carbonyl (C=O) groups is 2. The van der Waals surface area contributed by atoms with E-state index in [1.807, 2.05) is 30.3 Å². The Morgan fingerprint density at radius 1 is 1.30 bits per heavy atom. The highest BCUT2D eigenvalue weighted by atomic mass is 35.5. The van der Waals surface area contributed by atoms with Crippen LogP contribution in [0.15, 0.2) is 53.5 Å². The number of fused-ring (bicyclic) bond motifs is 1. The van der Waals surface area contributed by atoms with Crippen molar-refractivity contribution in [2.45, 2.75) is 19.1 Å². The van der Waals surface area contributed by atoms with Crippen molar-refractivity contribution < 1.29 is 19.4 Å². The minimum atomic E-state index is -1.11. The number of hydrogen-bond acceptors (Lipinski definition) is 4. The first-order chi connectivity index (χ1) is 12.9. The first-order valence-electron chi connectivity index (χ1n) is 8.41. The molecule has 3 rings (SSSR count). The summed E-state index contributed by atoms with van der Waals surface area (Å²) < 4.78 is 5.35. The van der Waals surface area contributed by atoms with Gasteiger partial charge in [-0.3, -0.25) is 19.5 Å². The highest BCUT2D eigenvalue weighted by Crippen LogP contribution is 2.31. The molecule has 0 unspecified atom stereocenters. The Kier molecular flexibility index (Phi) is 5.58. The van der Waals surface area contributed by atoms with Gasteiger partial charge < -0.3 is 9.84 Å². The zero-order valence-electron chi connectivity index (χ0n) is 14.9. The van der Waals surface area contributed by atoms with Crippen LogP contribution in [0.5, 0.6) is 0 Å². The molecule has 6 nitrogen and oxygen atoms in total. The number of rotatable bonds is 5. The quantitative estimate of drug-likeness (QED) is 0.856. The molecule has 0 spiro atoms. The highest BCUT2D eigenvalue weighted by Gasteiger charge is 2.36. The summed E-state index contributed by atoms with van der Waals surface area (Å²) in [7, 11) is 1.49. The van der Waals surface area contributed by atoms with Gasteiger partial charge in [0.1, 0.15) is 6.54 Å². The van der Waals surface area contributed by atoms with Gasteiger partial charge >= 0.3 is 5.97 Å². The number of aliphatic imine (C=N–C) groups is 1. The van der Waals surface area contributed by atoms with Gasteiger partial charge in [0.2, 0.25) is 0 Å². The van der Waals surface area contributed by atoms with Crippen LogP contribution in [0.4, 0.5) is 5.69 Å². The van der Waals surface area contributed by atoms with Crippen LogP contribution in [0.25, 0.3) is 0 Å². The Balaban J connectivity index is 2.27. The van der Waals surface area contributed by atoms with E-state index in [4.69, 9.17) is 16.3 Å². The van der Waals surface area contributed by atoms with Gasteiger partial charge in [-0.25, -0.2) is 0 Å². The molecule has 0 saturated heterocycles. The Labute approximate surface area is 162 Å². The number of benzene rings is 2. The van der Waals surface area contributed by atoms with Crippen LogP contribution in [0.3, 0.4) is 0 Å². The average Bonchev–Trinajstić information content (AvgIpc) is 2.77. The third-order valence-corrected chi connectivity index (χ3v) is 4.68. The number of nitrogens with zero attached hydrogens (tertiary/aromatic N) is 2. The van der Waals surface area contributed by atoms with Crippen molar-refractivity contribution in [3.63, 3.8) is 0 Å². The number of amides is 1. The molecular weight excluding hydrogens is 368 g/mol. The molecule has 7 heteroatoms. The van der Waals surface area contributed by atoms with Crippen LogP contribution in [-0.4, -0.2) is 48.5 Å². The zero-order valence-corrected chi connectivity index (χ0v) is 15.7. The lowest BCUT2D eigenvalue weighted by atomic mass is 10.00. The summed E-state index contributed by atoms with van der Waals surface area (Å²) in [6.07, 6.45) is -0.530. The Morgan fingerprint density at radius 3 is 2.63 bits per heavy atom. The van der Waals surface area contributed by atoms with E-state index in [1.54, 1.807) is 25.1 Å². The summed E-state index contributed by atoms with van der Waals surface area (Å²) in [6.45, 7) is 1.26. The number of carbonyl (C=O) groups excluding carboxylic acids is 1. The van der Waals surface area contributed by atoms with Crippen LogP contribution < -0.4 is 4.90 Å². The molecule has 1 N–H and O–H groups in total. The average molecular weight is 387 g/mol. The van der Waals surface area contributed by atoms with Gasteiger partial charge in [0.25, 0.3) is 5.91 Å². The lowest BCUT2D eigenvalue weighted by molar-refractivity contribution is -0.137. The van der Waals surface area contributed by atoms with Gasteiger partial charge in [0.15, 0.2) is 6.04 Å². The van der Waals surface area contributed by atoms with Crippen molar-refractivity contribution >= 4 is 34.9 Å². The maximum Gasteiger partial charge on any atom is 0.323 e. The van der Waals surface area contributed by atoms with Crippen molar-refractivity contribution in [2.75, 3.05) is 18.6 Å². The summed E-state index contributed by atoms with van der Waals surface area (Å²) >= 11 is 6.20. The maximum absolute atomic E-state index is 13.1. The lowest BCUT2D eigenvalue weighted by Crippen LogP contribution is -2.45. The fourth-order valence-corrected chi connectivity index (χ4v) is 3.21. The van der Waals surface area contributed by atoms with Gasteiger partial charge in [-0.05, 0) is 25.1 Å². The van der Waals surface area contributed by atoms with E-state index in [1.165, 1.54) is 12.0 Å². The molecule has 27 heavy (non-hydrogen) atoms. The number of benzodiazepines with no additional fused rings is 1. The van der Waals surface area contributed by atoms with Gasteiger partial charge in [-0.2, -0.15) is 0 Å². The van der Waals surface area contributed by atoms with Crippen LogP contribution in [0.2, 0.25) is 5.02 Å². The molecule has 2 atom stereocenters. The summed E-state index contributed by atoms with van der Waals surface area (Å²) in [5.41, 5.74) is 2.44. The summed E-state index contributed by atoms with van der Waals surface area (Å²) in [5, 5.41) is 9.80. The first-order valence-corrected chi connectivity index (χ1v) is 8.79. The molecular formula is C20H19ClN2O4. The van der Waals surface area contributed by atoms with E-state index in [2.05, 4.69) is 4.99 Å². The smallest absolute Gasteiger partial charge is 0.323 e. The molecule has 0 saturated carbocycles. The number of aliphatic carboxylic acids is 1. The number of halogens is 1. The fraction of sp³-hybridized carbons (Fsp3) is 0.250. The Morgan fingerprint density at radius 2 is 2.00 bits per heavy atom. The SMILES string of the molecule is CO[C@H](C)[C@@H]1N=C(c2ccccc2)c2cc(Cl)ccc2N(CC(=O)O)C1=O. The molecule has 1 aliphatic rings. The predicted octanol–water partition coefficient (Wildman–Crippen LogP) is 3.01. The van der Waals surface area contributed by atoms with Crippen LogP contribution in [0, 0.1) is 0 Å². The molecule has 2 aromatic rings.